The SMILES string of the molecule is COc1cccc(CN(C(=O)Cc2cccs2)C(C(=O)NCc2ccccc2)c2ccccc2)c1. The number of hydrogen-bond acceptors (Lipinski definition) is 4. The zero-order valence-corrected chi connectivity index (χ0v) is 20.4. The summed E-state index contributed by atoms with van der Waals surface area (Å²) in [6.45, 7) is 0.662. The lowest BCUT2D eigenvalue weighted by atomic mass is 10.0. The van der Waals surface area contributed by atoms with Crippen LogP contribution < -0.4 is 10.1 Å². The number of nitrogens with zero attached hydrogens (tertiary/aromatic N) is 1. The lowest BCUT2D eigenvalue weighted by Gasteiger charge is -2.32. The maximum absolute atomic E-state index is 13.7. The minimum absolute atomic E-state index is 0.112. The number of benzene rings is 3. The van der Waals surface area contributed by atoms with Gasteiger partial charge in [-0.1, -0.05) is 78.9 Å². The number of thiophene rings is 1. The lowest BCUT2D eigenvalue weighted by Crippen LogP contribution is -2.43. The van der Waals surface area contributed by atoms with Crippen molar-refractivity contribution in [1.82, 2.24) is 10.2 Å². The highest BCUT2D eigenvalue weighted by atomic mass is 32.1. The Balaban J connectivity index is 1.67. The zero-order valence-electron chi connectivity index (χ0n) is 19.6. The Morgan fingerprint density at radius 2 is 1.60 bits per heavy atom. The van der Waals surface area contributed by atoms with E-state index >= 15 is 0 Å². The van der Waals surface area contributed by atoms with Crippen molar-refractivity contribution in [3.05, 3.63) is 124 Å². The average Bonchev–Trinajstić information content (AvgIpc) is 3.41. The van der Waals surface area contributed by atoms with Gasteiger partial charge in [-0.05, 0) is 40.3 Å². The van der Waals surface area contributed by atoms with Crippen molar-refractivity contribution < 1.29 is 14.3 Å². The van der Waals surface area contributed by atoms with Crippen LogP contribution in [0.2, 0.25) is 0 Å². The van der Waals surface area contributed by atoms with Crippen molar-refractivity contribution in [3.63, 3.8) is 0 Å². The Bertz CT molecular complexity index is 1230. The number of carbonyl (C=O) groups is 2. The van der Waals surface area contributed by atoms with E-state index in [4.69, 9.17) is 4.74 Å². The normalized spacial score (nSPS) is 11.5. The number of amides is 2. The molecule has 4 aromatic rings. The number of hydrogen-bond donors (Lipinski definition) is 1. The quantitative estimate of drug-likeness (QED) is 0.329. The summed E-state index contributed by atoms with van der Waals surface area (Å²) < 4.78 is 5.38. The monoisotopic (exact) mass is 484 g/mol. The molecule has 6 heteroatoms. The molecular formula is C29H28N2O3S. The van der Waals surface area contributed by atoms with Gasteiger partial charge in [-0.2, -0.15) is 0 Å². The number of ether oxygens (including phenoxy) is 1. The van der Waals surface area contributed by atoms with Gasteiger partial charge in [0.15, 0.2) is 0 Å². The molecule has 0 aliphatic carbocycles. The predicted molar refractivity (Wildman–Crippen MR) is 139 cm³/mol. The average molecular weight is 485 g/mol. The second kappa shape index (κ2) is 12.0. The first-order chi connectivity index (χ1) is 17.1. The van der Waals surface area contributed by atoms with E-state index in [2.05, 4.69) is 5.32 Å². The van der Waals surface area contributed by atoms with Gasteiger partial charge in [0.1, 0.15) is 11.8 Å². The summed E-state index contributed by atoms with van der Waals surface area (Å²) in [7, 11) is 1.61. The van der Waals surface area contributed by atoms with Crippen LogP contribution in [0.15, 0.2) is 102 Å². The first-order valence-corrected chi connectivity index (χ1v) is 12.3. The molecule has 5 nitrogen and oxygen atoms in total. The van der Waals surface area contributed by atoms with Gasteiger partial charge in [0, 0.05) is 18.0 Å². The van der Waals surface area contributed by atoms with E-state index in [1.54, 1.807) is 12.0 Å². The number of carbonyl (C=O) groups excluding carboxylic acids is 2. The van der Waals surface area contributed by atoms with Crippen LogP contribution in [0.3, 0.4) is 0 Å². The molecule has 0 fully saturated rings. The first-order valence-electron chi connectivity index (χ1n) is 11.5. The van der Waals surface area contributed by atoms with Gasteiger partial charge >= 0.3 is 0 Å². The summed E-state index contributed by atoms with van der Waals surface area (Å²) in [6.07, 6.45) is 0.233. The summed E-state index contributed by atoms with van der Waals surface area (Å²) in [5, 5.41) is 5.00. The molecule has 0 bridgehead atoms. The maximum atomic E-state index is 13.7. The lowest BCUT2D eigenvalue weighted by molar-refractivity contribution is -0.141. The van der Waals surface area contributed by atoms with Gasteiger partial charge in [0.2, 0.25) is 11.8 Å². The van der Waals surface area contributed by atoms with Crippen LogP contribution in [-0.2, 0) is 29.1 Å². The molecule has 3 aromatic carbocycles. The third-order valence-electron chi connectivity index (χ3n) is 5.70. The van der Waals surface area contributed by atoms with Crippen LogP contribution in [0.4, 0.5) is 0 Å². The van der Waals surface area contributed by atoms with E-state index in [9.17, 15) is 9.59 Å². The van der Waals surface area contributed by atoms with E-state index in [-0.39, 0.29) is 24.8 Å². The molecule has 1 aromatic heterocycles. The van der Waals surface area contributed by atoms with Crippen molar-refractivity contribution >= 4 is 23.2 Å². The van der Waals surface area contributed by atoms with Crippen LogP contribution in [-0.4, -0.2) is 23.8 Å². The fourth-order valence-corrected chi connectivity index (χ4v) is 4.64. The maximum Gasteiger partial charge on any atom is 0.247 e. The Morgan fingerprint density at radius 1 is 0.886 bits per heavy atom. The Morgan fingerprint density at radius 3 is 2.29 bits per heavy atom. The van der Waals surface area contributed by atoms with Crippen molar-refractivity contribution in [2.45, 2.75) is 25.6 Å². The Kier molecular flexibility index (Phi) is 8.30. The Hall–Kier alpha value is -3.90. The molecule has 1 unspecified atom stereocenters. The third kappa shape index (κ3) is 6.58. The molecular weight excluding hydrogens is 456 g/mol. The highest BCUT2D eigenvalue weighted by molar-refractivity contribution is 7.10. The van der Waals surface area contributed by atoms with E-state index in [0.29, 0.717) is 12.3 Å². The largest absolute Gasteiger partial charge is 0.497 e. The molecule has 0 saturated carbocycles. The van der Waals surface area contributed by atoms with Gasteiger partial charge in [0.25, 0.3) is 0 Å². The van der Waals surface area contributed by atoms with Crippen LogP contribution in [0, 0.1) is 0 Å². The van der Waals surface area contributed by atoms with Gasteiger partial charge in [0.05, 0.1) is 13.5 Å². The fourth-order valence-electron chi connectivity index (χ4n) is 3.94. The molecule has 178 valence electrons. The third-order valence-corrected chi connectivity index (χ3v) is 6.57. The topological polar surface area (TPSA) is 58.6 Å². The highest BCUT2D eigenvalue weighted by Gasteiger charge is 2.31. The van der Waals surface area contributed by atoms with Gasteiger partial charge in [-0.3, -0.25) is 9.59 Å². The van der Waals surface area contributed by atoms with Crippen LogP contribution in [0.25, 0.3) is 0 Å². The minimum atomic E-state index is -0.779. The fraction of sp³-hybridized carbons (Fsp3) is 0.172. The van der Waals surface area contributed by atoms with Crippen molar-refractivity contribution in [1.29, 1.82) is 0 Å². The first kappa shape index (κ1) is 24.2. The van der Waals surface area contributed by atoms with Gasteiger partial charge in [-0.15, -0.1) is 11.3 Å². The Labute approximate surface area is 210 Å². The molecule has 1 atom stereocenters. The van der Waals surface area contributed by atoms with E-state index in [1.165, 1.54) is 11.3 Å². The second-order valence-electron chi connectivity index (χ2n) is 8.15. The molecule has 4 rings (SSSR count). The summed E-state index contributed by atoms with van der Waals surface area (Å²) in [5.74, 6) is 0.374. The number of rotatable bonds is 10. The van der Waals surface area contributed by atoms with Crippen LogP contribution in [0.1, 0.15) is 27.6 Å². The van der Waals surface area contributed by atoms with E-state index < -0.39 is 6.04 Å². The van der Waals surface area contributed by atoms with Crippen molar-refractivity contribution in [2.75, 3.05) is 7.11 Å². The van der Waals surface area contributed by atoms with Crippen molar-refractivity contribution in [3.8, 4) is 5.75 Å². The molecule has 0 spiro atoms. The van der Waals surface area contributed by atoms with Gasteiger partial charge in [-0.25, -0.2) is 0 Å². The molecule has 1 N–H and O–H groups in total. The molecule has 35 heavy (non-hydrogen) atoms. The summed E-state index contributed by atoms with van der Waals surface area (Å²) in [6, 6.07) is 29.9. The van der Waals surface area contributed by atoms with Crippen LogP contribution >= 0.6 is 11.3 Å². The molecule has 0 aliphatic heterocycles. The van der Waals surface area contributed by atoms with Gasteiger partial charge < -0.3 is 15.0 Å². The molecule has 1 heterocycles. The van der Waals surface area contributed by atoms with Crippen LogP contribution in [0.5, 0.6) is 5.75 Å². The zero-order chi connectivity index (χ0) is 24.5. The summed E-state index contributed by atoms with van der Waals surface area (Å²) >= 11 is 1.54. The van der Waals surface area contributed by atoms with E-state index in [1.807, 2.05) is 102 Å². The molecule has 0 aliphatic rings. The standard InChI is InChI=1S/C29H28N2O3S/c1-34-25-15-8-12-23(18-25)21-31(27(32)19-26-16-9-17-35-26)28(24-13-6-3-7-14-24)29(33)30-20-22-10-4-2-5-11-22/h2-18,28H,19-21H2,1H3,(H,30,33). The smallest absolute Gasteiger partial charge is 0.247 e. The molecule has 2 amide bonds. The minimum Gasteiger partial charge on any atom is -0.497 e. The predicted octanol–water partition coefficient (Wildman–Crippen LogP) is 5.39. The van der Waals surface area contributed by atoms with Crippen molar-refractivity contribution in [2.24, 2.45) is 0 Å². The highest BCUT2D eigenvalue weighted by Crippen LogP contribution is 2.26. The van der Waals surface area contributed by atoms with E-state index in [0.717, 1.165) is 21.6 Å². The summed E-state index contributed by atoms with van der Waals surface area (Å²) in [4.78, 5) is 30.0. The summed E-state index contributed by atoms with van der Waals surface area (Å²) in [5.41, 5.74) is 2.65. The number of methoxy groups -OCH3 is 1. The molecule has 0 saturated heterocycles. The second-order valence-corrected chi connectivity index (χ2v) is 9.18. The molecule has 0 radical (unpaired) electrons. The number of nitrogens with one attached hydrogen (secondary N) is 1.